The Morgan fingerprint density at radius 3 is 1.87 bits per heavy atom. The number of para-hydroxylation sites is 1. The predicted molar refractivity (Wildman–Crippen MR) is 251 cm³/mol. The minimum atomic E-state index is -3.41. The number of aldehydes is 1. The van der Waals surface area contributed by atoms with Crippen LogP contribution in [0.2, 0.25) is 0 Å². The van der Waals surface area contributed by atoms with Crippen molar-refractivity contribution >= 4 is 53.7 Å². The summed E-state index contributed by atoms with van der Waals surface area (Å²) in [5.74, 6) is 6.36. The number of nitrogens with two attached hydrogens (primary N) is 2. The number of carbonyl (C=O) groups is 3. The van der Waals surface area contributed by atoms with Crippen molar-refractivity contribution in [3.63, 3.8) is 0 Å². The van der Waals surface area contributed by atoms with Gasteiger partial charge in [0.15, 0.2) is 0 Å². The van der Waals surface area contributed by atoms with E-state index in [4.69, 9.17) is 50.2 Å². The Hall–Kier alpha value is -3.40. The number of unbranched alkanes of at least 4 members (excludes halogenated alkanes) is 3. The minimum absolute atomic E-state index is 0.0744. The number of ether oxygens (including phenoxy) is 5. The molecule has 1 aliphatic rings. The first-order valence-electron chi connectivity index (χ1n) is 21.4. The lowest BCUT2D eigenvalue weighted by Crippen LogP contribution is -2.37. The van der Waals surface area contributed by atoms with Crippen LogP contribution in [0.5, 0.6) is 0 Å². The van der Waals surface area contributed by atoms with Gasteiger partial charge in [-0.1, -0.05) is 69.2 Å². The monoisotopic (exact) mass is 930 g/mol. The van der Waals surface area contributed by atoms with Crippen molar-refractivity contribution in [3.05, 3.63) is 65.2 Å². The van der Waals surface area contributed by atoms with E-state index in [1.807, 2.05) is 69.4 Å². The minimum Gasteiger partial charge on any atom is -0.400 e. The lowest BCUT2D eigenvalue weighted by atomic mass is 9.95. The van der Waals surface area contributed by atoms with Crippen molar-refractivity contribution in [1.29, 1.82) is 0 Å². The standard InChI is InChI=1S/C33H47N5O8.C7H18NO3PS.C2H6.CH4O/c1-26(40)36-12-15-42-17-19-44-21-23-46-24-22-45-20-18-43-16-13-38(35)33-28-8-3-2-7-27(28)25-37(31(41)11-6-14-39)30-10-5-4-9-29(30)32(33)34;1-8-6-4-2-3-5-7-11-12(9,10)13;2*1-2/h2-5,7-10,14H,6,11-13,15-25,34-35H2,1H3,(H,36,40);8H,2-7H2,1H3,(H2,9,10,13);1-2H3;2H,1H3/b33-32-;;;. The SMILES string of the molecule is CC.CC(=O)NCCOCCOCCOCCOCCOCCN(N)/C1=C(\N)c2ccccc2N(C(=O)CCC=O)Cc2ccccc21.CNCCCCCCOP(O)(O)=S.CO. The molecule has 18 nitrogen and oxygen atoms in total. The zero-order chi connectivity index (χ0) is 47.1. The summed E-state index contributed by atoms with van der Waals surface area (Å²) in [7, 11) is 2.93. The average molecular weight is 931 g/mol. The molecule has 0 atom stereocenters. The van der Waals surface area contributed by atoms with E-state index in [0.29, 0.717) is 115 Å². The Morgan fingerprint density at radius 1 is 0.794 bits per heavy atom. The summed E-state index contributed by atoms with van der Waals surface area (Å²) in [6, 6.07) is 15.2. The first-order valence-corrected chi connectivity index (χ1v) is 24.0. The van der Waals surface area contributed by atoms with Crippen LogP contribution in [-0.4, -0.2) is 144 Å². The Labute approximate surface area is 379 Å². The highest BCUT2D eigenvalue weighted by Gasteiger charge is 2.27. The molecule has 2 amide bonds. The molecule has 0 bridgehead atoms. The Morgan fingerprint density at radius 2 is 1.32 bits per heavy atom. The first kappa shape index (κ1) is 59.6. The van der Waals surface area contributed by atoms with Gasteiger partial charge < -0.3 is 74.2 Å². The van der Waals surface area contributed by atoms with E-state index in [2.05, 4.69) is 27.0 Å². The molecule has 9 N–H and O–H groups in total. The molecule has 0 saturated heterocycles. The fraction of sp³-hybridized carbons (Fsp3) is 0.605. The normalized spacial score (nSPS) is 13.0. The summed E-state index contributed by atoms with van der Waals surface area (Å²) in [5, 5.41) is 14.3. The summed E-state index contributed by atoms with van der Waals surface area (Å²) < 4.78 is 32.3. The van der Waals surface area contributed by atoms with Gasteiger partial charge in [0.25, 0.3) is 0 Å². The highest BCUT2D eigenvalue weighted by Crippen LogP contribution is 2.37. The Bertz CT molecular complexity index is 1590. The van der Waals surface area contributed by atoms with Gasteiger partial charge in [0, 0.05) is 44.5 Å². The number of hydrogen-bond acceptors (Lipinski definition) is 15. The average Bonchev–Trinajstić information content (AvgIpc) is 3.27. The van der Waals surface area contributed by atoms with Crippen LogP contribution in [0.4, 0.5) is 5.69 Å². The van der Waals surface area contributed by atoms with Crippen molar-refractivity contribution in [1.82, 2.24) is 15.6 Å². The van der Waals surface area contributed by atoms with Gasteiger partial charge >= 0.3 is 6.72 Å². The number of amides is 2. The van der Waals surface area contributed by atoms with Crippen LogP contribution in [-0.2, 0) is 60.9 Å². The molecule has 360 valence electrons. The molecule has 1 aliphatic heterocycles. The number of aliphatic hydroxyl groups is 1. The largest absolute Gasteiger partial charge is 0.400 e. The number of fused-ring (bicyclic) bond motifs is 2. The van der Waals surface area contributed by atoms with Crippen molar-refractivity contribution < 1.29 is 57.5 Å². The van der Waals surface area contributed by atoms with Crippen LogP contribution in [0.1, 0.15) is 76.0 Å². The lowest BCUT2D eigenvalue weighted by molar-refractivity contribution is -0.120. The molecule has 0 radical (unpaired) electrons. The third kappa shape index (κ3) is 28.2. The van der Waals surface area contributed by atoms with E-state index in [0.717, 1.165) is 56.8 Å². The molecule has 2 aromatic rings. The van der Waals surface area contributed by atoms with Gasteiger partial charge in [-0.2, -0.15) is 0 Å². The van der Waals surface area contributed by atoms with E-state index >= 15 is 0 Å². The van der Waals surface area contributed by atoms with Crippen LogP contribution < -0.4 is 27.1 Å². The number of anilines is 1. The third-order valence-electron chi connectivity index (χ3n) is 8.57. The Kier molecular flexibility index (Phi) is 36.9. The number of hydrogen-bond donors (Lipinski definition) is 7. The topological polar surface area (TPSA) is 250 Å². The smallest absolute Gasteiger partial charge is 0.321 e. The molecule has 0 saturated carbocycles. The quantitative estimate of drug-likeness (QED) is 0.0195. The summed E-state index contributed by atoms with van der Waals surface area (Å²) >= 11 is 4.29. The first-order chi connectivity index (χ1) is 30.5. The van der Waals surface area contributed by atoms with Crippen molar-refractivity contribution in [2.45, 2.75) is 65.8 Å². The predicted octanol–water partition coefficient (Wildman–Crippen LogP) is 3.32. The maximum Gasteiger partial charge on any atom is 0.321 e. The summed E-state index contributed by atoms with van der Waals surface area (Å²) in [4.78, 5) is 53.9. The van der Waals surface area contributed by atoms with E-state index in [1.165, 1.54) is 6.92 Å². The van der Waals surface area contributed by atoms with Crippen LogP contribution >= 0.6 is 6.72 Å². The van der Waals surface area contributed by atoms with Gasteiger partial charge in [0.05, 0.1) is 103 Å². The number of rotatable bonds is 30. The molecule has 0 spiro atoms. The summed E-state index contributed by atoms with van der Waals surface area (Å²) in [6.07, 6.45) is 5.17. The fourth-order valence-corrected chi connectivity index (χ4v) is 6.29. The summed E-state index contributed by atoms with van der Waals surface area (Å²) in [5.41, 5.74) is 10.9. The van der Waals surface area contributed by atoms with Gasteiger partial charge in [-0.05, 0) is 49.9 Å². The summed E-state index contributed by atoms with van der Waals surface area (Å²) in [6.45, 7) is 8.95. The van der Waals surface area contributed by atoms with E-state index in [1.54, 1.807) is 9.91 Å². The third-order valence-corrected chi connectivity index (χ3v) is 9.41. The molecular formula is C43H75N6O12PS. The number of hydrazine groups is 1. The van der Waals surface area contributed by atoms with Gasteiger partial charge in [-0.15, -0.1) is 0 Å². The van der Waals surface area contributed by atoms with Crippen molar-refractivity contribution in [3.8, 4) is 0 Å². The van der Waals surface area contributed by atoms with E-state index in [-0.39, 0.29) is 24.7 Å². The van der Waals surface area contributed by atoms with Crippen LogP contribution in [0.3, 0.4) is 0 Å². The zero-order valence-electron chi connectivity index (χ0n) is 38.0. The van der Waals surface area contributed by atoms with Crippen LogP contribution in [0, 0.1) is 0 Å². The number of nitrogens with zero attached hydrogens (tertiary/aromatic N) is 2. The molecular weight excluding hydrogens is 856 g/mol. The number of carbonyl (C=O) groups excluding carboxylic acids is 3. The van der Waals surface area contributed by atoms with Crippen molar-refractivity contribution in [2.75, 3.05) is 111 Å². The van der Waals surface area contributed by atoms with Crippen LogP contribution in [0.25, 0.3) is 11.4 Å². The van der Waals surface area contributed by atoms with Gasteiger partial charge in [0.1, 0.15) is 6.29 Å². The molecule has 1 heterocycles. The molecule has 63 heavy (non-hydrogen) atoms. The number of aliphatic hydroxyl groups excluding tert-OH is 1. The lowest BCUT2D eigenvalue weighted by Gasteiger charge is -2.32. The second-order valence-electron chi connectivity index (χ2n) is 13.2. The zero-order valence-corrected chi connectivity index (χ0v) is 39.7. The molecule has 3 rings (SSSR count). The second kappa shape index (κ2) is 39.0. The van der Waals surface area contributed by atoms with Gasteiger partial charge in [0.2, 0.25) is 11.8 Å². The van der Waals surface area contributed by atoms with E-state index in [9.17, 15) is 14.4 Å². The highest BCUT2D eigenvalue weighted by molar-refractivity contribution is 8.06. The van der Waals surface area contributed by atoms with Gasteiger partial charge in [-0.25, -0.2) is 5.84 Å². The molecule has 2 aromatic carbocycles. The van der Waals surface area contributed by atoms with E-state index < -0.39 is 6.72 Å². The molecule has 0 aliphatic carbocycles. The molecule has 20 heteroatoms. The molecule has 0 aromatic heterocycles. The maximum atomic E-state index is 13.1. The van der Waals surface area contributed by atoms with Crippen molar-refractivity contribution in [2.24, 2.45) is 11.6 Å². The number of nitrogens with one attached hydrogen (secondary N) is 2. The maximum absolute atomic E-state index is 13.1. The second-order valence-corrected chi connectivity index (χ2v) is 15.9. The molecule has 0 unspecified atom stereocenters. The highest BCUT2D eigenvalue weighted by atomic mass is 32.5. The number of benzene rings is 2. The van der Waals surface area contributed by atoms with Gasteiger partial charge in [-0.3, -0.25) is 9.59 Å². The molecule has 0 fully saturated rings. The Balaban J connectivity index is 0.00000192. The van der Waals surface area contributed by atoms with Crippen LogP contribution in [0.15, 0.2) is 48.5 Å². The fourth-order valence-electron chi connectivity index (χ4n) is 5.70.